The van der Waals surface area contributed by atoms with Crippen LogP contribution in [0.1, 0.15) is 6.42 Å². The van der Waals surface area contributed by atoms with E-state index in [1.807, 2.05) is 18.2 Å². The van der Waals surface area contributed by atoms with Crippen molar-refractivity contribution in [3.05, 3.63) is 30.3 Å². The molecular weight excluding hydrogens is 234 g/mol. The van der Waals surface area contributed by atoms with Gasteiger partial charge >= 0.3 is 6.03 Å². The molecule has 6 heteroatoms. The van der Waals surface area contributed by atoms with Crippen LogP contribution in [0.5, 0.6) is 0 Å². The second-order valence-electron chi connectivity index (χ2n) is 3.86. The lowest BCUT2D eigenvalue weighted by molar-refractivity contribution is -0.167. The van der Waals surface area contributed by atoms with Gasteiger partial charge in [0.05, 0.1) is 13.2 Å². The summed E-state index contributed by atoms with van der Waals surface area (Å²) in [5, 5.41) is 6.39. The van der Waals surface area contributed by atoms with Crippen LogP contribution in [-0.4, -0.2) is 36.7 Å². The van der Waals surface area contributed by atoms with Gasteiger partial charge in [-0.2, -0.15) is 0 Å². The Bertz CT molecular complexity index is 416. The van der Waals surface area contributed by atoms with Crippen molar-refractivity contribution >= 4 is 17.6 Å². The lowest BCUT2D eigenvalue weighted by Gasteiger charge is -2.14. The predicted octanol–water partition coefficient (Wildman–Crippen LogP) is 0.972. The molecule has 1 saturated heterocycles. The number of amides is 3. The van der Waals surface area contributed by atoms with E-state index in [1.54, 1.807) is 12.1 Å². The quantitative estimate of drug-likeness (QED) is 0.838. The topological polar surface area (TPSA) is 70.7 Å². The monoisotopic (exact) mass is 249 g/mol. The average Bonchev–Trinajstić information content (AvgIpc) is 2.91. The SMILES string of the molecule is O=C(NCC(=O)N1CCCO1)Nc1ccccc1. The van der Waals surface area contributed by atoms with Gasteiger partial charge in [-0.1, -0.05) is 18.2 Å². The van der Waals surface area contributed by atoms with Crippen LogP contribution in [0.4, 0.5) is 10.5 Å². The molecule has 6 nitrogen and oxygen atoms in total. The number of para-hydroxylation sites is 1. The van der Waals surface area contributed by atoms with Gasteiger partial charge in [-0.3, -0.25) is 9.63 Å². The zero-order valence-corrected chi connectivity index (χ0v) is 9.89. The van der Waals surface area contributed by atoms with E-state index < -0.39 is 6.03 Å². The first kappa shape index (κ1) is 12.4. The Balaban J connectivity index is 1.73. The van der Waals surface area contributed by atoms with Gasteiger partial charge in [0.1, 0.15) is 6.54 Å². The van der Waals surface area contributed by atoms with E-state index >= 15 is 0 Å². The number of rotatable bonds is 3. The molecule has 3 amide bonds. The summed E-state index contributed by atoms with van der Waals surface area (Å²) in [4.78, 5) is 28.1. The van der Waals surface area contributed by atoms with E-state index in [-0.39, 0.29) is 12.5 Å². The minimum atomic E-state index is -0.409. The molecule has 0 saturated carbocycles. The number of hydroxylamine groups is 2. The molecule has 0 radical (unpaired) electrons. The zero-order valence-electron chi connectivity index (χ0n) is 9.89. The maximum atomic E-state index is 11.6. The molecule has 1 aliphatic rings. The van der Waals surface area contributed by atoms with Gasteiger partial charge in [0.2, 0.25) is 0 Å². The normalized spacial score (nSPS) is 14.3. The summed E-state index contributed by atoms with van der Waals surface area (Å²) in [5.74, 6) is -0.240. The van der Waals surface area contributed by atoms with E-state index in [9.17, 15) is 9.59 Å². The summed E-state index contributed by atoms with van der Waals surface area (Å²) in [6, 6.07) is 8.62. The molecule has 1 aliphatic heterocycles. The highest BCUT2D eigenvalue weighted by molar-refractivity contribution is 5.92. The number of carbonyl (C=O) groups excluding carboxylic acids is 2. The second kappa shape index (κ2) is 6.02. The molecule has 0 atom stereocenters. The van der Waals surface area contributed by atoms with Gasteiger partial charge in [-0.25, -0.2) is 9.86 Å². The standard InChI is InChI=1S/C12H15N3O3/c16-11(15-7-4-8-18-15)9-13-12(17)14-10-5-2-1-3-6-10/h1-3,5-6H,4,7-9H2,(H2,13,14,17). The fourth-order valence-electron chi connectivity index (χ4n) is 1.58. The molecule has 1 aromatic rings. The molecular formula is C12H15N3O3. The molecule has 1 fully saturated rings. The van der Waals surface area contributed by atoms with E-state index in [1.165, 1.54) is 5.06 Å². The third-order valence-electron chi connectivity index (χ3n) is 2.46. The van der Waals surface area contributed by atoms with Crippen LogP contribution in [0.2, 0.25) is 0 Å². The number of urea groups is 1. The van der Waals surface area contributed by atoms with Crippen LogP contribution in [0.25, 0.3) is 0 Å². The molecule has 0 aliphatic carbocycles. The maximum Gasteiger partial charge on any atom is 0.319 e. The van der Waals surface area contributed by atoms with Crippen LogP contribution >= 0.6 is 0 Å². The van der Waals surface area contributed by atoms with E-state index in [2.05, 4.69) is 10.6 Å². The van der Waals surface area contributed by atoms with Gasteiger partial charge in [-0.15, -0.1) is 0 Å². The van der Waals surface area contributed by atoms with Crippen molar-refractivity contribution in [2.24, 2.45) is 0 Å². The fourth-order valence-corrected chi connectivity index (χ4v) is 1.58. The molecule has 0 bridgehead atoms. The molecule has 96 valence electrons. The van der Waals surface area contributed by atoms with Gasteiger partial charge in [0.25, 0.3) is 5.91 Å². The van der Waals surface area contributed by atoms with Crippen LogP contribution < -0.4 is 10.6 Å². The Hall–Kier alpha value is -2.08. The van der Waals surface area contributed by atoms with Crippen molar-refractivity contribution < 1.29 is 14.4 Å². The van der Waals surface area contributed by atoms with Crippen molar-refractivity contribution in [2.75, 3.05) is 25.0 Å². The Morgan fingerprint density at radius 3 is 2.72 bits per heavy atom. The Labute approximate surface area is 105 Å². The largest absolute Gasteiger partial charge is 0.329 e. The van der Waals surface area contributed by atoms with Gasteiger partial charge < -0.3 is 10.6 Å². The van der Waals surface area contributed by atoms with Crippen molar-refractivity contribution in [3.8, 4) is 0 Å². The number of carbonyl (C=O) groups is 2. The molecule has 18 heavy (non-hydrogen) atoms. The molecule has 1 heterocycles. The third-order valence-corrected chi connectivity index (χ3v) is 2.46. The summed E-state index contributed by atoms with van der Waals surface area (Å²) in [5.41, 5.74) is 0.680. The van der Waals surface area contributed by atoms with Crippen LogP contribution in [0.15, 0.2) is 30.3 Å². The molecule has 2 rings (SSSR count). The summed E-state index contributed by atoms with van der Waals surface area (Å²) < 4.78 is 0. The first-order chi connectivity index (χ1) is 8.75. The van der Waals surface area contributed by atoms with Crippen molar-refractivity contribution in [3.63, 3.8) is 0 Å². The number of nitrogens with zero attached hydrogens (tertiary/aromatic N) is 1. The minimum Gasteiger partial charge on any atom is -0.329 e. The van der Waals surface area contributed by atoms with Crippen molar-refractivity contribution in [1.29, 1.82) is 0 Å². The summed E-state index contributed by atoms with van der Waals surface area (Å²) in [6.07, 6.45) is 0.835. The highest BCUT2D eigenvalue weighted by Gasteiger charge is 2.19. The number of benzene rings is 1. The Morgan fingerprint density at radius 2 is 2.06 bits per heavy atom. The molecule has 0 unspecified atom stereocenters. The molecule has 2 N–H and O–H groups in total. The molecule has 1 aromatic carbocycles. The lowest BCUT2D eigenvalue weighted by atomic mass is 10.3. The number of hydrogen-bond donors (Lipinski definition) is 2. The van der Waals surface area contributed by atoms with E-state index in [4.69, 9.17) is 4.84 Å². The third kappa shape index (κ3) is 3.46. The summed E-state index contributed by atoms with van der Waals surface area (Å²) in [7, 11) is 0. The predicted molar refractivity (Wildman–Crippen MR) is 65.7 cm³/mol. The van der Waals surface area contributed by atoms with Gasteiger partial charge in [-0.05, 0) is 18.6 Å². The van der Waals surface area contributed by atoms with Crippen molar-refractivity contribution in [2.45, 2.75) is 6.42 Å². The van der Waals surface area contributed by atoms with Gasteiger partial charge in [0.15, 0.2) is 0 Å². The van der Waals surface area contributed by atoms with Crippen LogP contribution in [0, 0.1) is 0 Å². The first-order valence-electron chi connectivity index (χ1n) is 5.79. The van der Waals surface area contributed by atoms with Crippen molar-refractivity contribution in [1.82, 2.24) is 10.4 Å². The smallest absolute Gasteiger partial charge is 0.319 e. The highest BCUT2D eigenvalue weighted by Crippen LogP contribution is 2.05. The van der Waals surface area contributed by atoms with E-state index in [0.29, 0.717) is 18.8 Å². The Morgan fingerprint density at radius 1 is 1.28 bits per heavy atom. The lowest BCUT2D eigenvalue weighted by Crippen LogP contribution is -2.39. The average molecular weight is 249 g/mol. The number of anilines is 1. The maximum absolute atomic E-state index is 11.6. The highest BCUT2D eigenvalue weighted by atomic mass is 16.7. The van der Waals surface area contributed by atoms with Gasteiger partial charge in [0, 0.05) is 5.69 Å². The number of hydrogen-bond acceptors (Lipinski definition) is 3. The minimum absolute atomic E-state index is 0.0708. The summed E-state index contributed by atoms with van der Waals surface area (Å²) in [6.45, 7) is 1.07. The second-order valence-corrected chi connectivity index (χ2v) is 3.86. The Kier molecular flexibility index (Phi) is 4.14. The van der Waals surface area contributed by atoms with E-state index in [0.717, 1.165) is 6.42 Å². The zero-order chi connectivity index (χ0) is 12.8. The molecule has 0 spiro atoms. The first-order valence-corrected chi connectivity index (χ1v) is 5.79. The number of nitrogens with one attached hydrogen (secondary N) is 2. The van der Waals surface area contributed by atoms with Crippen LogP contribution in [-0.2, 0) is 9.63 Å². The fraction of sp³-hybridized carbons (Fsp3) is 0.333. The summed E-state index contributed by atoms with van der Waals surface area (Å²) >= 11 is 0. The van der Waals surface area contributed by atoms with Crippen LogP contribution in [0.3, 0.4) is 0 Å². The molecule has 0 aromatic heterocycles.